The third-order valence-corrected chi connectivity index (χ3v) is 4.99. The fourth-order valence-electron chi connectivity index (χ4n) is 2.94. The van der Waals surface area contributed by atoms with Gasteiger partial charge in [0.25, 0.3) is 0 Å². The second-order valence-corrected chi connectivity index (χ2v) is 6.85. The molecule has 0 fully saturated rings. The van der Waals surface area contributed by atoms with Gasteiger partial charge in [-0.05, 0) is 29.3 Å². The number of nitrogens with zero attached hydrogens (tertiary/aromatic N) is 2. The zero-order valence-corrected chi connectivity index (χ0v) is 14.7. The van der Waals surface area contributed by atoms with Gasteiger partial charge < -0.3 is 10.4 Å². The van der Waals surface area contributed by atoms with Gasteiger partial charge in [-0.3, -0.25) is 4.68 Å². The van der Waals surface area contributed by atoms with Crippen LogP contribution in [-0.2, 0) is 13.6 Å². The summed E-state index contributed by atoms with van der Waals surface area (Å²) in [4.78, 5) is 1.20. The molecule has 1 atom stereocenters. The molecule has 0 radical (unpaired) electrons. The lowest BCUT2D eigenvalue weighted by Crippen LogP contribution is -2.22. The summed E-state index contributed by atoms with van der Waals surface area (Å²) < 4.78 is 1.87. The Hall–Kier alpha value is -1.95. The minimum absolute atomic E-state index is 0.203. The molecule has 0 aliphatic carbocycles. The summed E-state index contributed by atoms with van der Waals surface area (Å²) in [7, 11) is 1.96. The van der Waals surface area contributed by atoms with Gasteiger partial charge in [-0.1, -0.05) is 36.4 Å². The molecule has 0 saturated carbocycles. The van der Waals surface area contributed by atoms with Crippen molar-refractivity contribution in [1.82, 2.24) is 15.1 Å². The Balaban J connectivity index is 1.65. The zero-order chi connectivity index (χ0) is 16.8. The van der Waals surface area contributed by atoms with Crippen molar-refractivity contribution in [3.63, 3.8) is 0 Å². The van der Waals surface area contributed by atoms with Crippen molar-refractivity contribution in [2.45, 2.75) is 18.9 Å². The summed E-state index contributed by atoms with van der Waals surface area (Å²) in [5, 5.41) is 19.6. The van der Waals surface area contributed by atoms with E-state index in [0.29, 0.717) is 5.92 Å². The topological polar surface area (TPSA) is 50.1 Å². The van der Waals surface area contributed by atoms with Crippen LogP contribution < -0.4 is 5.32 Å². The molecule has 126 valence electrons. The molecule has 0 bridgehead atoms. The van der Waals surface area contributed by atoms with Crippen LogP contribution in [0.1, 0.15) is 23.5 Å². The Morgan fingerprint density at radius 1 is 1.21 bits per heavy atom. The van der Waals surface area contributed by atoms with Crippen molar-refractivity contribution < 1.29 is 5.11 Å². The van der Waals surface area contributed by atoms with Crippen LogP contribution in [0.15, 0.2) is 54.0 Å². The first-order valence-corrected chi connectivity index (χ1v) is 9.09. The fraction of sp³-hybridized carbons (Fsp3) is 0.316. The van der Waals surface area contributed by atoms with E-state index in [-0.39, 0.29) is 6.61 Å². The summed E-state index contributed by atoms with van der Waals surface area (Å²) in [5.41, 5.74) is 3.53. The number of rotatable bonds is 8. The van der Waals surface area contributed by atoms with Gasteiger partial charge >= 0.3 is 0 Å². The molecular formula is C19H23N3OS. The van der Waals surface area contributed by atoms with Gasteiger partial charge in [0.15, 0.2) is 0 Å². The first-order chi connectivity index (χ1) is 11.8. The normalized spacial score (nSPS) is 12.4. The van der Waals surface area contributed by atoms with Crippen molar-refractivity contribution in [1.29, 1.82) is 0 Å². The molecule has 5 heteroatoms. The molecule has 1 aromatic carbocycles. The van der Waals surface area contributed by atoms with Crippen molar-refractivity contribution in [3.8, 4) is 10.6 Å². The van der Waals surface area contributed by atoms with Crippen LogP contribution in [0.2, 0.25) is 0 Å². The molecule has 0 aliphatic rings. The molecule has 2 N–H and O–H groups in total. The van der Waals surface area contributed by atoms with Crippen LogP contribution in [0, 0.1) is 0 Å². The summed E-state index contributed by atoms with van der Waals surface area (Å²) in [6.45, 7) is 1.81. The minimum atomic E-state index is 0.203. The zero-order valence-electron chi connectivity index (χ0n) is 13.9. The number of benzene rings is 1. The highest BCUT2D eigenvalue weighted by atomic mass is 32.1. The number of aryl methyl sites for hydroxylation is 1. The van der Waals surface area contributed by atoms with E-state index in [4.69, 9.17) is 0 Å². The summed E-state index contributed by atoms with van der Waals surface area (Å²) >= 11 is 1.71. The monoisotopic (exact) mass is 341 g/mol. The van der Waals surface area contributed by atoms with Crippen molar-refractivity contribution in [2.24, 2.45) is 7.05 Å². The molecule has 0 spiro atoms. The molecule has 0 aliphatic heterocycles. The van der Waals surface area contributed by atoms with Crippen molar-refractivity contribution in [2.75, 3.05) is 13.2 Å². The Morgan fingerprint density at radius 2 is 2.04 bits per heavy atom. The maximum atomic E-state index is 9.35. The molecule has 1 unspecified atom stereocenters. The molecule has 24 heavy (non-hydrogen) atoms. The summed E-state index contributed by atoms with van der Waals surface area (Å²) in [5.74, 6) is 0.318. The second-order valence-electron chi connectivity index (χ2n) is 5.90. The molecule has 4 nitrogen and oxygen atoms in total. The molecule has 3 aromatic rings. The van der Waals surface area contributed by atoms with Gasteiger partial charge in [-0.2, -0.15) is 5.10 Å². The fourth-order valence-corrected chi connectivity index (χ4v) is 3.68. The molecule has 3 rings (SSSR count). The molecular weight excluding hydrogens is 318 g/mol. The molecule has 2 aromatic heterocycles. The molecule has 0 amide bonds. The maximum Gasteiger partial charge on any atom is 0.107 e. The molecule has 0 saturated heterocycles. The average molecular weight is 341 g/mol. The van der Waals surface area contributed by atoms with Gasteiger partial charge in [0.2, 0.25) is 0 Å². The summed E-state index contributed by atoms with van der Waals surface area (Å²) in [6.07, 6.45) is 2.84. The van der Waals surface area contributed by atoms with Gasteiger partial charge in [0.1, 0.15) is 5.69 Å². The number of aliphatic hydroxyl groups excluding tert-OH is 1. The van der Waals surface area contributed by atoms with Crippen LogP contribution >= 0.6 is 11.3 Å². The Bertz CT molecular complexity index is 737. The van der Waals surface area contributed by atoms with Gasteiger partial charge in [0.05, 0.1) is 4.88 Å². The number of nitrogens with one attached hydrogen (secondary N) is 1. The SMILES string of the molecule is Cn1cc(CNCC(CCO)c2ccccc2)c(-c2cccs2)n1. The van der Waals surface area contributed by atoms with E-state index in [2.05, 4.69) is 58.4 Å². The van der Waals surface area contributed by atoms with E-state index in [0.717, 1.165) is 25.2 Å². The minimum Gasteiger partial charge on any atom is -0.396 e. The van der Waals surface area contributed by atoms with E-state index in [1.807, 2.05) is 17.8 Å². The highest BCUT2D eigenvalue weighted by molar-refractivity contribution is 7.13. The van der Waals surface area contributed by atoms with Crippen molar-refractivity contribution >= 4 is 11.3 Å². The van der Waals surface area contributed by atoms with Crippen LogP contribution in [0.25, 0.3) is 10.6 Å². The van der Waals surface area contributed by atoms with Crippen LogP contribution in [-0.4, -0.2) is 28.0 Å². The van der Waals surface area contributed by atoms with Gasteiger partial charge in [0, 0.05) is 38.5 Å². The quantitative estimate of drug-likeness (QED) is 0.660. The van der Waals surface area contributed by atoms with Gasteiger partial charge in [-0.15, -0.1) is 11.3 Å². The standard InChI is InChI=1S/C19H23N3OS/c1-22-14-17(19(21-22)18-8-5-11-24-18)13-20-12-16(9-10-23)15-6-3-2-4-7-15/h2-8,11,14,16,20,23H,9-10,12-13H2,1H3. The number of aromatic nitrogens is 2. The lowest BCUT2D eigenvalue weighted by Gasteiger charge is -2.17. The van der Waals surface area contributed by atoms with Crippen LogP contribution in [0.5, 0.6) is 0 Å². The smallest absolute Gasteiger partial charge is 0.107 e. The van der Waals surface area contributed by atoms with E-state index in [9.17, 15) is 5.11 Å². The largest absolute Gasteiger partial charge is 0.396 e. The van der Waals surface area contributed by atoms with Gasteiger partial charge in [-0.25, -0.2) is 0 Å². The third-order valence-electron chi connectivity index (χ3n) is 4.11. The number of hydrogen-bond acceptors (Lipinski definition) is 4. The summed E-state index contributed by atoms with van der Waals surface area (Å²) in [6, 6.07) is 14.5. The third kappa shape index (κ3) is 4.12. The van der Waals surface area contributed by atoms with Crippen LogP contribution in [0.4, 0.5) is 0 Å². The lowest BCUT2D eigenvalue weighted by molar-refractivity contribution is 0.273. The Labute approximate surface area is 146 Å². The van der Waals surface area contributed by atoms with Crippen LogP contribution in [0.3, 0.4) is 0 Å². The first-order valence-electron chi connectivity index (χ1n) is 8.21. The second kappa shape index (κ2) is 8.24. The predicted molar refractivity (Wildman–Crippen MR) is 99.1 cm³/mol. The highest BCUT2D eigenvalue weighted by Crippen LogP contribution is 2.26. The lowest BCUT2D eigenvalue weighted by atomic mass is 9.96. The number of aliphatic hydroxyl groups is 1. The highest BCUT2D eigenvalue weighted by Gasteiger charge is 2.13. The first kappa shape index (κ1) is 16.9. The van der Waals surface area contributed by atoms with Crippen molar-refractivity contribution in [3.05, 3.63) is 65.2 Å². The van der Waals surface area contributed by atoms with E-state index in [1.165, 1.54) is 16.0 Å². The van der Waals surface area contributed by atoms with E-state index in [1.54, 1.807) is 11.3 Å². The van der Waals surface area contributed by atoms with E-state index < -0.39 is 0 Å². The Morgan fingerprint density at radius 3 is 2.75 bits per heavy atom. The number of thiophene rings is 1. The number of hydrogen-bond donors (Lipinski definition) is 2. The molecule has 2 heterocycles. The predicted octanol–water partition coefficient (Wildman–Crippen LogP) is 3.40. The maximum absolute atomic E-state index is 9.35. The average Bonchev–Trinajstić information content (AvgIpc) is 3.24. The Kier molecular flexibility index (Phi) is 5.80. The van der Waals surface area contributed by atoms with E-state index >= 15 is 0 Å².